The van der Waals surface area contributed by atoms with E-state index in [-0.39, 0.29) is 16.6 Å². The smallest absolute Gasteiger partial charge is 0.283 e. The van der Waals surface area contributed by atoms with Gasteiger partial charge in [0.1, 0.15) is 10.9 Å². The molecule has 0 radical (unpaired) electrons. The molecule has 34 heavy (non-hydrogen) atoms. The molecule has 1 amide bonds. The van der Waals surface area contributed by atoms with Crippen LogP contribution in [0.2, 0.25) is 0 Å². The number of carbonyl (C=O) groups excluding carboxylic acids is 1. The number of rotatable bonds is 4. The van der Waals surface area contributed by atoms with Crippen molar-refractivity contribution in [1.82, 2.24) is 9.58 Å². The molecular weight excluding hydrogens is 449 g/mol. The van der Waals surface area contributed by atoms with Gasteiger partial charge in [-0.3, -0.25) is 10.2 Å². The molecule has 2 aliphatic rings. The van der Waals surface area contributed by atoms with Gasteiger partial charge in [0.15, 0.2) is 5.84 Å². The summed E-state index contributed by atoms with van der Waals surface area (Å²) < 4.78 is 16.4. The molecule has 0 atom stereocenters. The number of fused-ring (bicyclic) bond motifs is 1. The van der Waals surface area contributed by atoms with Crippen LogP contribution < -0.4 is 0 Å². The van der Waals surface area contributed by atoms with Gasteiger partial charge in [-0.1, -0.05) is 37.3 Å². The molecule has 5 rings (SSSR count). The minimum Gasteiger partial charge on any atom is -0.318 e. The molecular formula is C26H22FN5OS. The maximum atomic E-state index is 14.2. The first-order chi connectivity index (χ1) is 16.4. The van der Waals surface area contributed by atoms with Gasteiger partial charge in [-0.15, -0.1) is 0 Å². The molecule has 0 aliphatic carbocycles. The van der Waals surface area contributed by atoms with Gasteiger partial charge in [0.25, 0.3) is 5.91 Å². The van der Waals surface area contributed by atoms with Crippen LogP contribution in [0.4, 0.5) is 4.39 Å². The number of amidine groups is 2. The maximum absolute atomic E-state index is 14.2. The maximum Gasteiger partial charge on any atom is 0.283 e. The van der Waals surface area contributed by atoms with E-state index in [1.165, 1.54) is 16.6 Å². The zero-order valence-corrected chi connectivity index (χ0v) is 19.8. The van der Waals surface area contributed by atoms with Gasteiger partial charge in [0, 0.05) is 22.6 Å². The molecule has 2 aromatic carbocycles. The molecule has 0 spiro atoms. The topological polar surface area (TPSA) is 73.8 Å². The first-order valence-corrected chi connectivity index (χ1v) is 11.7. The van der Waals surface area contributed by atoms with Crippen molar-refractivity contribution in [2.75, 3.05) is 0 Å². The van der Waals surface area contributed by atoms with Gasteiger partial charge in [0.2, 0.25) is 5.17 Å². The Morgan fingerprint density at radius 3 is 2.62 bits per heavy atom. The average molecular weight is 472 g/mol. The van der Waals surface area contributed by atoms with Crippen molar-refractivity contribution in [3.05, 3.63) is 94.1 Å². The van der Waals surface area contributed by atoms with Gasteiger partial charge in [-0.2, -0.15) is 15.1 Å². The van der Waals surface area contributed by atoms with Crippen molar-refractivity contribution in [2.24, 2.45) is 10.1 Å². The van der Waals surface area contributed by atoms with Crippen LogP contribution in [0.5, 0.6) is 0 Å². The van der Waals surface area contributed by atoms with Gasteiger partial charge in [0.05, 0.1) is 5.57 Å². The number of thioether (sulfide) groups is 1. The summed E-state index contributed by atoms with van der Waals surface area (Å²) in [4.78, 5) is 17.0. The minimum atomic E-state index is -0.507. The monoisotopic (exact) mass is 471 g/mol. The molecule has 1 aromatic heterocycles. The highest BCUT2D eigenvalue weighted by molar-refractivity contribution is 8.27. The van der Waals surface area contributed by atoms with Crippen LogP contribution in [0.1, 0.15) is 35.0 Å². The van der Waals surface area contributed by atoms with Gasteiger partial charge in [-0.25, -0.2) is 4.39 Å². The van der Waals surface area contributed by atoms with Crippen molar-refractivity contribution in [2.45, 2.75) is 27.2 Å². The lowest BCUT2D eigenvalue weighted by Gasteiger charge is -2.20. The number of hydrogen-bond acceptors (Lipinski definition) is 4. The number of nitrogens with one attached hydrogen (secondary N) is 1. The van der Waals surface area contributed by atoms with E-state index in [0.29, 0.717) is 10.6 Å². The Bertz CT molecular complexity index is 1450. The second-order valence-electron chi connectivity index (χ2n) is 8.05. The number of amides is 1. The predicted octanol–water partition coefficient (Wildman–Crippen LogP) is 5.46. The second kappa shape index (κ2) is 8.53. The van der Waals surface area contributed by atoms with E-state index in [4.69, 9.17) is 5.41 Å². The Morgan fingerprint density at radius 1 is 1.12 bits per heavy atom. The van der Waals surface area contributed by atoms with Gasteiger partial charge >= 0.3 is 0 Å². The third-order valence-corrected chi connectivity index (χ3v) is 6.88. The summed E-state index contributed by atoms with van der Waals surface area (Å²) in [6.45, 7) is 6.14. The number of aromatic nitrogens is 1. The lowest BCUT2D eigenvalue weighted by atomic mass is 10.1. The number of aryl methyl sites for hydroxylation is 2. The number of aliphatic imine (C=N–C) groups is 1. The Labute approximate surface area is 201 Å². The fourth-order valence-electron chi connectivity index (χ4n) is 4.22. The lowest BCUT2D eigenvalue weighted by Crippen LogP contribution is -2.35. The summed E-state index contributed by atoms with van der Waals surface area (Å²) in [6, 6.07) is 16.5. The number of carbonyl (C=O) groups is 1. The molecule has 0 saturated carbocycles. The summed E-state index contributed by atoms with van der Waals surface area (Å²) in [6.07, 6.45) is 2.60. The number of benzene rings is 2. The van der Waals surface area contributed by atoms with Gasteiger partial charge in [-0.05, 0) is 73.5 Å². The van der Waals surface area contributed by atoms with Crippen molar-refractivity contribution in [3.8, 4) is 5.69 Å². The highest BCUT2D eigenvalue weighted by Gasteiger charge is 2.36. The van der Waals surface area contributed by atoms with E-state index in [1.54, 1.807) is 24.3 Å². The fraction of sp³-hybridized carbons (Fsp3) is 0.154. The van der Waals surface area contributed by atoms with E-state index in [2.05, 4.69) is 33.7 Å². The van der Waals surface area contributed by atoms with Crippen molar-refractivity contribution >= 4 is 39.8 Å². The predicted molar refractivity (Wildman–Crippen MR) is 135 cm³/mol. The summed E-state index contributed by atoms with van der Waals surface area (Å²) in [7, 11) is 0. The van der Waals surface area contributed by atoms with Gasteiger partial charge < -0.3 is 4.57 Å². The Balaban J connectivity index is 1.53. The summed E-state index contributed by atoms with van der Waals surface area (Å²) in [5.74, 6) is -0.997. The molecule has 8 heteroatoms. The Morgan fingerprint density at radius 2 is 1.85 bits per heavy atom. The first kappa shape index (κ1) is 22.0. The van der Waals surface area contributed by atoms with E-state index in [1.807, 2.05) is 32.0 Å². The molecule has 3 heterocycles. The third-order valence-electron chi connectivity index (χ3n) is 5.94. The van der Waals surface area contributed by atoms with Crippen molar-refractivity contribution in [1.29, 1.82) is 5.41 Å². The van der Waals surface area contributed by atoms with Crippen LogP contribution in [0.15, 0.2) is 70.3 Å². The highest BCUT2D eigenvalue weighted by atomic mass is 32.2. The van der Waals surface area contributed by atoms with E-state index in [9.17, 15) is 9.18 Å². The summed E-state index contributed by atoms with van der Waals surface area (Å²) >= 11 is 1.08. The standard InChI is InChI=1S/C26H22FN5OS/c1-4-17-9-5-8-12-22(17)31-15(2)13-18(16(31)3)14-20-23(28)32-26(29-24(20)33)34-25(30-32)19-10-6-7-11-21(19)27/h5-14,28H,4H2,1-3H3/b20-14+,28-23?. The highest BCUT2D eigenvalue weighted by Crippen LogP contribution is 2.32. The number of para-hydroxylation sites is 1. The fourth-order valence-corrected chi connectivity index (χ4v) is 5.14. The molecule has 0 bridgehead atoms. The van der Waals surface area contributed by atoms with Crippen LogP contribution in [-0.2, 0) is 11.2 Å². The van der Waals surface area contributed by atoms with Crippen LogP contribution in [0.3, 0.4) is 0 Å². The Hall–Kier alpha value is -3.78. The molecule has 6 nitrogen and oxygen atoms in total. The second-order valence-corrected chi connectivity index (χ2v) is 9.01. The van der Waals surface area contributed by atoms with Crippen LogP contribution >= 0.6 is 11.8 Å². The molecule has 3 aromatic rings. The molecule has 0 fully saturated rings. The van der Waals surface area contributed by atoms with Crippen molar-refractivity contribution < 1.29 is 9.18 Å². The van der Waals surface area contributed by atoms with E-state index >= 15 is 0 Å². The van der Waals surface area contributed by atoms with Crippen LogP contribution in [0, 0.1) is 25.1 Å². The molecule has 0 saturated heterocycles. The zero-order chi connectivity index (χ0) is 24.0. The normalized spacial score (nSPS) is 16.7. The number of hydrazone groups is 1. The largest absolute Gasteiger partial charge is 0.318 e. The molecule has 170 valence electrons. The van der Waals surface area contributed by atoms with Crippen LogP contribution in [0.25, 0.3) is 11.8 Å². The van der Waals surface area contributed by atoms with Crippen LogP contribution in [-0.4, -0.2) is 31.5 Å². The first-order valence-electron chi connectivity index (χ1n) is 10.9. The summed E-state index contributed by atoms with van der Waals surface area (Å²) in [5, 5.41) is 15.0. The molecule has 0 unspecified atom stereocenters. The lowest BCUT2D eigenvalue weighted by molar-refractivity contribution is -0.114. The Kier molecular flexibility index (Phi) is 5.53. The van der Waals surface area contributed by atoms with Crippen molar-refractivity contribution in [3.63, 3.8) is 0 Å². The summed E-state index contributed by atoms with van der Waals surface area (Å²) in [5.41, 5.74) is 5.61. The van der Waals surface area contributed by atoms with E-state index in [0.717, 1.165) is 40.8 Å². The molecule has 1 N–H and O–H groups in total. The van der Waals surface area contributed by atoms with E-state index < -0.39 is 11.7 Å². The quantitative estimate of drug-likeness (QED) is 0.513. The average Bonchev–Trinajstić information content (AvgIpc) is 3.37. The SMILES string of the molecule is CCc1ccccc1-n1c(C)cc(/C=C2\C(=N)N3N=C(c4ccccc4F)SC3=NC2=O)c1C. The number of halogens is 1. The molecule has 2 aliphatic heterocycles. The number of nitrogens with zero attached hydrogens (tertiary/aromatic N) is 4. The minimum absolute atomic E-state index is 0.0763. The third kappa shape index (κ3) is 3.60. The number of hydrogen-bond donors (Lipinski definition) is 1. The zero-order valence-electron chi connectivity index (χ0n) is 19.0.